The van der Waals surface area contributed by atoms with Crippen molar-refractivity contribution in [3.8, 4) is 5.75 Å². The largest absolute Gasteiger partial charge is 0.497 e. The fourth-order valence-corrected chi connectivity index (χ4v) is 7.57. The van der Waals surface area contributed by atoms with Crippen molar-refractivity contribution in [2.45, 2.75) is 55.2 Å². The van der Waals surface area contributed by atoms with E-state index in [4.69, 9.17) is 14.2 Å². The summed E-state index contributed by atoms with van der Waals surface area (Å²) in [5.74, 6) is 1.73. The van der Waals surface area contributed by atoms with E-state index in [0.29, 0.717) is 24.0 Å². The second-order valence-electron chi connectivity index (χ2n) is 10.8. The van der Waals surface area contributed by atoms with Crippen LogP contribution >= 0.6 is 0 Å². The van der Waals surface area contributed by atoms with Gasteiger partial charge in [0.05, 0.1) is 25.2 Å². The zero-order valence-corrected chi connectivity index (χ0v) is 23.6. The number of benzene rings is 2. The number of methoxy groups -OCH3 is 1. The van der Waals surface area contributed by atoms with Crippen LogP contribution in [0.3, 0.4) is 0 Å². The van der Waals surface area contributed by atoms with Crippen LogP contribution in [0.5, 0.6) is 5.75 Å². The number of amides is 1. The molecule has 2 bridgehead atoms. The number of hydrogen-bond acceptors (Lipinski definition) is 7. The van der Waals surface area contributed by atoms with E-state index in [2.05, 4.69) is 5.32 Å². The minimum atomic E-state index is -3.87. The quantitative estimate of drug-likeness (QED) is 0.402. The number of nitrogens with zero attached hydrogens (tertiary/aromatic N) is 1. The van der Waals surface area contributed by atoms with Crippen LogP contribution in [0.15, 0.2) is 71.3 Å². The SMILES string of the molecule is COc1ccc(S(=O)(=O)N(CCO)CCOC2CC(c3ccccc3)C=C(C(=O)NC3CC4CCC3C4)O2)cc1. The molecule has 3 aliphatic rings. The zero-order valence-electron chi connectivity index (χ0n) is 22.8. The fraction of sp³-hybridized carbons (Fsp3) is 0.500. The number of ether oxygens (including phenoxy) is 3. The molecule has 0 spiro atoms. The Labute approximate surface area is 236 Å². The van der Waals surface area contributed by atoms with Gasteiger partial charge >= 0.3 is 0 Å². The minimum Gasteiger partial charge on any atom is -0.497 e. The summed E-state index contributed by atoms with van der Waals surface area (Å²) >= 11 is 0. The van der Waals surface area contributed by atoms with Gasteiger partial charge in [-0.3, -0.25) is 4.79 Å². The van der Waals surface area contributed by atoms with E-state index in [1.807, 2.05) is 36.4 Å². The summed E-state index contributed by atoms with van der Waals surface area (Å²) in [4.78, 5) is 13.4. The highest BCUT2D eigenvalue weighted by Gasteiger charge is 2.41. The Morgan fingerprint density at radius 1 is 1.05 bits per heavy atom. The maximum atomic E-state index is 13.3. The monoisotopic (exact) mass is 570 g/mol. The highest BCUT2D eigenvalue weighted by Crippen LogP contribution is 2.44. The van der Waals surface area contributed by atoms with Gasteiger partial charge in [-0.05, 0) is 67.0 Å². The molecular weight excluding hydrogens is 532 g/mol. The third-order valence-corrected chi connectivity index (χ3v) is 10.2. The predicted octanol–water partition coefficient (Wildman–Crippen LogP) is 3.41. The number of aliphatic hydroxyl groups is 1. The molecular formula is C30H38N2O7S. The first-order valence-electron chi connectivity index (χ1n) is 14.0. The standard InChI is InChI=1S/C30H38N2O7S/c1-37-25-9-11-26(12-10-25)40(35,36)32(13-15-33)14-16-38-29-20-24(22-5-3-2-4-6-22)19-28(39-29)30(34)31-27-18-21-7-8-23(27)17-21/h2-6,9-12,19,21,23-24,27,29,33H,7-8,13-18,20H2,1H3,(H,31,34). The second kappa shape index (κ2) is 12.7. The number of nitrogens with one attached hydrogen (secondary N) is 1. The number of fused-ring (bicyclic) bond motifs is 2. The molecule has 40 heavy (non-hydrogen) atoms. The summed E-state index contributed by atoms with van der Waals surface area (Å²) in [5, 5.41) is 12.7. The van der Waals surface area contributed by atoms with Gasteiger partial charge in [0.2, 0.25) is 16.3 Å². The van der Waals surface area contributed by atoms with Crippen LogP contribution in [0.4, 0.5) is 0 Å². The lowest BCUT2D eigenvalue weighted by Crippen LogP contribution is -2.41. The Kier molecular flexibility index (Phi) is 9.10. The van der Waals surface area contributed by atoms with E-state index in [0.717, 1.165) is 18.4 Å². The molecule has 216 valence electrons. The van der Waals surface area contributed by atoms with Gasteiger partial charge in [0.1, 0.15) is 5.75 Å². The van der Waals surface area contributed by atoms with Crippen LogP contribution in [0.2, 0.25) is 0 Å². The van der Waals surface area contributed by atoms with Gasteiger partial charge in [-0.25, -0.2) is 8.42 Å². The molecule has 9 nitrogen and oxygen atoms in total. The molecule has 5 rings (SSSR count). The first-order valence-corrected chi connectivity index (χ1v) is 15.4. The average molecular weight is 571 g/mol. The fourth-order valence-electron chi connectivity index (χ4n) is 6.16. The van der Waals surface area contributed by atoms with Gasteiger partial charge in [-0.1, -0.05) is 36.8 Å². The Balaban J connectivity index is 1.25. The van der Waals surface area contributed by atoms with Crippen molar-refractivity contribution in [1.29, 1.82) is 0 Å². The number of sulfonamides is 1. The van der Waals surface area contributed by atoms with Gasteiger partial charge in [-0.2, -0.15) is 4.31 Å². The highest BCUT2D eigenvalue weighted by atomic mass is 32.2. The molecule has 1 amide bonds. The van der Waals surface area contributed by atoms with E-state index in [1.54, 1.807) is 12.1 Å². The molecule has 2 aliphatic carbocycles. The van der Waals surface area contributed by atoms with E-state index in [-0.39, 0.29) is 54.8 Å². The van der Waals surface area contributed by atoms with Gasteiger partial charge in [0.25, 0.3) is 5.91 Å². The molecule has 5 unspecified atom stereocenters. The topological polar surface area (TPSA) is 114 Å². The summed E-state index contributed by atoms with van der Waals surface area (Å²) in [7, 11) is -2.35. The predicted molar refractivity (Wildman–Crippen MR) is 149 cm³/mol. The number of hydrogen-bond donors (Lipinski definition) is 2. The molecule has 5 atom stereocenters. The molecule has 1 aliphatic heterocycles. The molecule has 0 aromatic heterocycles. The van der Waals surface area contributed by atoms with Crippen molar-refractivity contribution in [2.75, 3.05) is 33.4 Å². The summed E-state index contributed by atoms with van der Waals surface area (Å²) in [5.41, 5.74) is 1.05. The molecule has 2 aromatic rings. The van der Waals surface area contributed by atoms with E-state index in [1.165, 1.54) is 36.4 Å². The van der Waals surface area contributed by atoms with Crippen LogP contribution in [0.25, 0.3) is 0 Å². The summed E-state index contributed by atoms with van der Waals surface area (Å²) < 4.78 is 44.8. The zero-order chi connectivity index (χ0) is 28.1. The number of carbonyl (C=O) groups is 1. The summed E-state index contributed by atoms with van der Waals surface area (Å²) in [6.07, 6.45) is 6.25. The number of aliphatic hydroxyl groups excluding tert-OH is 1. The Bertz CT molecular complexity index is 1280. The Morgan fingerprint density at radius 3 is 2.48 bits per heavy atom. The average Bonchev–Trinajstić information content (AvgIpc) is 3.60. The second-order valence-corrected chi connectivity index (χ2v) is 12.7. The Morgan fingerprint density at radius 2 is 1.82 bits per heavy atom. The lowest BCUT2D eigenvalue weighted by atomic mass is 9.92. The van der Waals surface area contributed by atoms with Crippen LogP contribution in [0.1, 0.15) is 43.6 Å². The highest BCUT2D eigenvalue weighted by molar-refractivity contribution is 7.89. The third kappa shape index (κ3) is 6.52. The molecule has 10 heteroatoms. The smallest absolute Gasteiger partial charge is 0.286 e. The molecule has 0 saturated heterocycles. The molecule has 0 radical (unpaired) electrons. The molecule has 2 aromatic carbocycles. The Hall–Kier alpha value is -2.92. The van der Waals surface area contributed by atoms with Crippen molar-refractivity contribution in [2.24, 2.45) is 11.8 Å². The normalized spacial score (nSPS) is 25.9. The van der Waals surface area contributed by atoms with Crippen molar-refractivity contribution < 1.29 is 32.5 Å². The van der Waals surface area contributed by atoms with Crippen LogP contribution in [-0.2, 0) is 24.3 Å². The van der Waals surface area contributed by atoms with Crippen molar-refractivity contribution in [3.63, 3.8) is 0 Å². The van der Waals surface area contributed by atoms with Gasteiger partial charge < -0.3 is 24.6 Å². The molecule has 2 N–H and O–H groups in total. The first-order chi connectivity index (χ1) is 19.4. The van der Waals surface area contributed by atoms with E-state index in [9.17, 15) is 18.3 Å². The molecule has 1 heterocycles. The third-order valence-electron chi connectivity index (χ3n) is 8.25. The van der Waals surface area contributed by atoms with Crippen LogP contribution < -0.4 is 10.1 Å². The van der Waals surface area contributed by atoms with Crippen molar-refractivity contribution in [3.05, 3.63) is 72.0 Å². The number of allylic oxidation sites excluding steroid dienone is 1. The van der Waals surface area contributed by atoms with E-state index >= 15 is 0 Å². The minimum absolute atomic E-state index is 0.0151. The number of carbonyl (C=O) groups excluding carboxylic acids is 1. The lowest BCUT2D eigenvalue weighted by molar-refractivity contribution is -0.147. The summed E-state index contributed by atoms with van der Waals surface area (Å²) in [6, 6.07) is 16.2. The maximum absolute atomic E-state index is 13.3. The summed E-state index contributed by atoms with van der Waals surface area (Å²) in [6.45, 7) is -0.363. The van der Waals surface area contributed by atoms with Crippen molar-refractivity contribution in [1.82, 2.24) is 9.62 Å². The van der Waals surface area contributed by atoms with Gasteiger partial charge in [0, 0.05) is 31.5 Å². The van der Waals surface area contributed by atoms with E-state index < -0.39 is 16.3 Å². The molecule has 2 saturated carbocycles. The van der Waals surface area contributed by atoms with Crippen molar-refractivity contribution >= 4 is 15.9 Å². The van der Waals surface area contributed by atoms with Crippen LogP contribution in [-0.4, -0.2) is 69.5 Å². The molecule has 2 fully saturated rings. The van der Waals surface area contributed by atoms with Gasteiger partial charge in [-0.15, -0.1) is 0 Å². The number of rotatable bonds is 12. The lowest BCUT2D eigenvalue weighted by Gasteiger charge is -2.31. The first kappa shape index (κ1) is 28.6. The van der Waals surface area contributed by atoms with Crippen LogP contribution in [0, 0.1) is 11.8 Å². The van der Waals surface area contributed by atoms with Gasteiger partial charge in [0.15, 0.2) is 5.76 Å². The maximum Gasteiger partial charge on any atom is 0.286 e.